The summed E-state index contributed by atoms with van der Waals surface area (Å²) in [6.07, 6.45) is 2.23. The average Bonchev–Trinajstić information content (AvgIpc) is 2.21. The van der Waals surface area contributed by atoms with Gasteiger partial charge in [0, 0.05) is 0 Å². The molecule has 0 aliphatic heterocycles. The minimum Gasteiger partial charge on any atom is -0.481 e. The van der Waals surface area contributed by atoms with Crippen molar-refractivity contribution in [2.24, 2.45) is 5.41 Å². The van der Waals surface area contributed by atoms with Crippen LogP contribution in [0.15, 0.2) is 24.3 Å². The zero-order chi connectivity index (χ0) is 12.2. The summed E-state index contributed by atoms with van der Waals surface area (Å²) >= 11 is 0. The van der Waals surface area contributed by atoms with Crippen molar-refractivity contribution in [2.75, 3.05) is 0 Å². The normalized spacial score (nSPS) is 14.4. The standard InChI is InChI=1S/C14H20O2/c1-4-9-14(3,13(15)16)10-12-8-6-5-7-11(12)2/h5-8H,4,9-10H2,1-3H3,(H,15,16). The lowest BCUT2D eigenvalue weighted by molar-refractivity contribution is -0.148. The molecule has 1 rings (SSSR count). The summed E-state index contributed by atoms with van der Waals surface area (Å²) in [6, 6.07) is 8.00. The van der Waals surface area contributed by atoms with Crippen LogP contribution in [0.3, 0.4) is 0 Å². The first-order valence-corrected chi connectivity index (χ1v) is 5.77. The van der Waals surface area contributed by atoms with Gasteiger partial charge in [-0.25, -0.2) is 0 Å². The van der Waals surface area contributed by atoms with E-state index in [1.807, 2.05) is 45.0 Å². The number of aliphatic carboxylic acids is 1. The first-order valence-electron chi connectivity index (χ1n) is 5.77. The van der Waals surface area contributed by atoms with Crippen LogP contribution in [0.1, 0.15) is 37.8 Å². The van der Waals surface area contributed by atoms with E-state index >= 15 is 0 Å². The fourth-order valence-electron chi connectivity index (χ4n) is 2.05. The van der Waals surface area contributed by atoms with E-state index < -0.39 is 11.4 Å². The SMILES string of the molecule is CCCC(C)(Cc1ccccc1C)C(=O)O. The molecule has 0 bridgehead atoms. The van der Waals surface area contributed by atoms with E-state index in [1.54, 1.807) is 0 Å². The topological polar surface area (TPSA) is 37.3 Å². The molecule has 0 saturated carbocycles. The molecule has 1 aromatic carbocycles. The third-order valence-electron chi connectivity index (χ3n) is 3.16. The fourth-order valence-corrected chi connectivity index (χ4v) is 2.05. The molecule has 0 amide bonds. The molecule has 0 spiro atoms. The van der Waals surface area contributed by atoms with Crippen molar-refractivity contribution >= 4 is 5.97 Å². The number of aryl methyl sites for hydroxylation is 1. The molecule has 1 N–H and O–H groups in total. The third kappa shape index (κ3) is 2.84. The Morgan fingerprint density at radius 2 is 2.00 bits per heavy atom. The Morgan fingerprint density at radius 3 is 2.50 bits per heavy atom. The average molecular weight is 220 g/mol. The van der Waals surface area contributed by atoms with Crippen molar-refractivity contribution in [3.63, 3.8) is 0 Å². The Bertz CT molecular complexity index is 371. The molecule has 1 atom stereocenters. The largest absolute Gasteiger partial charge is 0.481 e. The van der Waals surface area contributed by atoms with E-state index in [-0.39, 0.29) is 0 Å². The third-order valence-corrected chi connectivity index (χ3v) is 3.16. The Kier molecular flexibility index (Phi) is 4.11. The molecular formula is C14H20O2. The molecule has 0 heterocycles. The van der Waals surface area contributed by atoms with Crippen LogP contribution in [-0.4, -0.2) is 11.1 Å². The van der Waals surface area contributed by atoms with Gasteiger partial charge in [-0.1, -0.05) is 37.6 Å². The summed E-state index contributed by atoms with van der Waals surface area (Å²) in [5.74, 6) is -0.697. The molecule has 0 aromatic heterocycles. The summed E-state index contributed by atoms with van der Waals surface area (Å²) < 4.78 is 0. The van der Waals surface area contributed by atoms with Crippen molar-refractivity contribution in [1.82, 2.24) is 0 Å². The van der Waals surface area contributed by atoms with Gasteiger partial charge < -0.3 is 5.11 Å². The number of carboxylic acids is 1. The molecule has 2 heteroatoms. The monoisotopic (exact) mass is 220 g/mol. The molecule has 88 valence electrons. The van der Waals surface area contributed by atoms with Gasteiger partial charge in [0.2, 0.25) is 0 Å². The van der Waals surface area contributed by atoms with Crippen molar-refractivity contribution in [1.29, 1.82) is 0 Å². The lowest BCUT2D eigenvalue weighted by Gasteiger charge is -2.25. The van der Waals surface area contributed by atoms with Gasteiger partial charge in [0.25, 0.3) is 0 Å². The highest BCUT2D eigenvalue weighted by atomic mass is 16.4. The first kappa shape index (κ1) is 12.8. The second-order valence-corrected chi connectivity index (χ2v) is 4.72. The highest BCUT2D eigenvalue weighted by Crippen LogP contribution is 2.29. The number of hydrogen-bond donors (Lipinski definition) is 1. The second-order valence-electron chi connectivity index (χ2n) is 4.72. The van der Waals surface area contributed by atoms with Crippen LogP contribution in [0.5, 0.6) is 0 Å². The van der Waals surface area contributed by atoms with Gasteiger partial charge in [-0.2, -0.15) is 0 Å². The molecule has 0 aliphatic rings. The van der Waals surface area contributed by atoms with Crippen LogP contribution in [0.25, 0.3) is 0 Å². The van der Waals surface area contributed by atoms with E-state index in [1.165, 1.54) is 5.56 Å². The number of hydrogen-bond acceptors (Lipinski definition) is 1. The molecule has 1 aromatic rings. The maximum Gasteiger partial charge on any atom is 0.309 e. The molecule has 0 radical (unpaired) electrons. The Balaban J connectivity index is 2.92. The van der Waals surface area contributed by atoms with Gasteiger partial charge in [-0.05, 0) is 37.8 Å². The number of carboxylic acid groups (broad SMARTS) is 1. The lowest BCUT2D eigenvalue weighted by Crippen LogP contribution is -2.30. The summed E-state index contributed by atoms with van der Waals surface area (Å²) in [6.45, 7) is 5.90. The van der Waals surface area contributed by atoms with Crippen molar-refractivity contribution in [2.45, 2.75) is 40.0 Å². The molecule has 2 nitrogen and oxygen atoms in total. The maximum atomic E-state index is 11.3. The van der Waals surface area contributed by atoms with E-state index in [0.717, 1.165) is 18.4 Å². The van der Waals surface area contributed by atoms with E-state index in [0.29, 0.717) is 6.42 Å². The summed E-state index contributed by atoms with van der Waals surface area (Å²) in [7, 11) is 0. The smallest absolute Gasteiger partial charge is 0.309 e. The Hall–Kier alpha value is -1.31. The quantitative estimate of drug-likeness (QED) is 0.825. The predicted molar refractivity (Wildman–Crippen MR) is 65.5 cm³/mol. The van der Waals surface area contributed by atoms with E-state index in [4.69, 9.17) is 0 Å². The fraction of sp³-hybridized carbons (Fsp3) is 0.500. The number of benzene rings is 1. The van der Waals surface area contributed by atoms with Gasteiger partial charge >= 0.3 is 5.97 Å². The van der Waals surface area contributed by atoms with Crippen LogP contribution in [0.4, 0.5) is 0 Å². The van der Waals surface area contributed by atoms with Crippen molar-refractivity contribution in [3.8, 4) is 0 Å². The molecule has 0 fully saturated rings. The Labute approximate surface area is 97.3 Å². The second kappa shape index (κ2) is 5.15. The summed E-state index contributed by atoms with van der Waals surface area (Å²) in [5, 5.41) is 9.32. The molecule has 16 heavy (non-hydrogen) atoms. The van der Waals surface area contributed by atoms with Crippen LogP contribution < -0.4 is 0 Å². The number of rotatable bonds is 5. The summed E-state index contributed by atoms with van der Waals surface area (Å²) in [5.41, 5.74) is 1.67. The van der Waals surface area contributed by atoms with Gasteiger partial charge in [-0.15, -0.1) is 0 Å². The Morgan fingerprint density at radius 1 is 1.38 bits per heavy atom. The molecule has 1 unspecified atom stereocenters. The first-order chi connectivity index (χ1) is 7.49. The van der Waals surface area contributed by atoms with E-state index in [9.17, 15) is 9.90 Å². The lowest BCUT2D eigenvalue weighted by atomic mass is 9.79. The highest BCUT2D eigenvalue weighted by molar-refractivity contribution is 5.74. The van der Waals surface area contributed by atoms with Gasteiger partial charge in [0.1, 0.15) is 0 Å². The van der Waals surface area contributed by atoms with Gasteiger partial charge in [0.15, 0.2) is 0 Å². The zero-order valence-electron chi connectivity index (χ0n) is 10.3. The molecular weight excluding hydrogens is 200 g/mol. The highest BCUT2D eigenvalue weighted by Gasteiger charge is 2.32. The maximum absolute atomic E-state index is 11.3. The van der Waals surface area contributed by atoms with Gasteiger partial charge in [0.05, 0.1) is 5.41 Å². The summed E-state index contributed by atoms with van der Waals surface area (Å²) in [4.78, 5) is 11.3. The molecule has 0 aliphatic carbocycles. The minimum atomic E-state index is -0.697. The molecule has 0 saturated heterocycles. The van der Waals surface area contributed by atoms with Crippen LogP contribution in [-0.2, 0) is 11.2 Å². The predicted octanol–water partition coefficient (Wildman–Crippen LogP) is 3.43. The van der Waals surface area contributed by atoms with Crippen molar-refractivity contribution < 1.29 is 9.90 Å². The van der Waals surface area contributed by atoms with Crippen LogP contribution in [0, 0.1) is 12.3 Å². The van der Waals surface area contributed by atoms with Crippen molar-refractivity contribution in [3.05, 3.63) is 35.4 Å². The van der Waals surface area contributed by atoms with Crippen LogP contribution >= 0.6 is 0 Å². The minimum absolute atomic E-state index is 0.614. The van der Waals surface area contributed by atoms with E-state index in [2.05, 4.69) is 0 Å². The number of carbonyl (C=O) groups is 1. The zero-order valence-corrected chi connectivity index (χ0v) is 10.3. The van der Waals surface area contributed by atoms with Gasteiger partial charge in [-0.3, -0.25) is 4.79 Å². The van der Waals surface area contributed by atoms with Crippen LogP contribution in [0.2, 0.25) is 0 Å².